The molecule has 1 atom stereocenters. The molecule has 0 aliphatic heterocycles. The number of rotatable bonds is 4. The summed E-state index contributed by atoms with van der Waals surface area (Å²) in [5.74, 6) is -0.267. The monoisotopic (exact) mass is 282 g/mol. The molecular formula is C15H14N4O2. The number of hydrogen-bond acceptors (Lipinski definition) is 4. The Kier molecular flexibility index (Phi) is 3.61. The fraction of sp³-hybridized carbons (Fsp3) is 0.133. The van der Waals surface area contributed by atoms with Gasteiger partial charge in [0.15, 0.2) is 0 Å². The SMILES string of the molecule is O=C(NC(CO)c1cccnc1)c1c[nH]c2ncccc12. The van der Waals surface area contributed by atoms with E-state index in [2.05, 4.69) is 20.3 Å². The Morgan fingerprint density at radius 2 is 2.19 bits per heavy atom. The molecule has 106 valence electrons. The molecule has 3 N–H and O–H groups in total. The van der Waals surface area contributed by atoms with Crippen LogP contribution in [0.25, 0.3) is 11.0 Å². The van der Waals surface area contributed by atoms with Crippen LogP contribution >= 0.6 is 0 Å². The van der Waals surface area contributed by atoms with E-state index < -0.39 is 6.04 Å². The Hall–Kier alpha value is -2.73. The van der Waals surface area contributed by atoms with Crippen molar-refractivity contribution in [3.63, 3.8) is 0 Å². The second kappa shape index (κ2) is 5.72. The second-order valence-electron chi connectivity index (χ2n) is 4.60. The molecule has 0 saturated carbocycles. The van der Waals surface area contributed by atoms with Gasteiger partial charge in [-0.3, -0.25) is 9.78 Å². The first-order chi connectivity index (χ1) is 10.3. The number of amides is 1. The normalized spacial score (nSPS) is 12.2. The lowest BCUT2D eigenvalue weighted by Gasteiger charge is -2.15. The van der Waals surface area contributed by atoms with Crippen molar-refractivity contribution in [3.8, 4) is 0 Å². The maximum atomic E-state index is 12.4. The zero-order valence-electron chi connectivity index (χ0n) is 11.2. The third-order valence-corrected chi connectivity index (χ3v) is 3.27. The summed E-state index contributed by atoms with van der Waals surface area (Å²) in [5.41, 5.74) is 1.91. The van der Waals surface area contributed by atoms with Crippen molar-refractivity contribution in [2.24, 2.45) is 0 Å². The number of aliphatic hydroxyl groups is 1. The first-order valence-corrected chi connectivity index (χ1v) is 6.53. The van der Waals surface area contributed by atoms with Crippen molar-refractivity contribution < 1.29 is 9.90 Å². The summed E-state index contributed by atoms with van der Waals surface area (Å²) >= 11 is 0. The summed E-state index contributed by atoms with van der Waals surface area (Å²) in [4.78, 5) is 23.5. The minimum atomic E-state index is -0.493. The van der Waals surface area contributed by atoms with E-state index in [1.807, 2.05) is 12.1 Å². The molecule has 0 aliphatic carbocycles. The molecule has 3 heterocycles. The highest BCUT2D eigenvalue weighted by Gasteiger charge is 2.17. The second-order valence-corrected chi connectivity index (χ2v) is 4.60. The fourth-order valence-corrected chi connectivity index (χ4v) is 2.20. The van der Waals surface area contributed by atoms with E-state index in [0.29, 0.717) is 11.2 Å². The van der Waals surface area contributed by atoms with Crippen molar-refractivity contribution in [3.05, 3.63) is 60.2 Å². The van der Waals surface area contributed by atoms with Gasteiger partial charge in [0.2, 0.25) is 0 Å². The lowest BCUT2D eigenvalue weighted by atomic mass is 10.1. The molecule has 0 fully saturated rings. The van der Waals surface area contributed by atoms with Crippen LogP contribution in [0.1, 0.15) is 22.0 Å². The fourth-order valence-electron chi connectivity index (χ4n) is 2.20. The Balaban J connectivity index is 1.85. The molecule has 0 aliphatic rings. The highest BCUT2D eigenvalue weighted by atomic mass is 16.3. The first-order valence-electron chi connectivity index (χ1n) is 6.53. The van der Waals surface area contributed by atoms with E-state index in [0.717, 1.165) is 10.9 Å². The summed E-state index contributed by atoms with van der Waals surface area (Å²) in [6, 6.07) is 6.68. The van der Waals surface area contributed by atoms with Gasteiger partial charge in [0.05, 0.1) is 18.2 Å². The average molecular weight is 282 g/mol. The molecule has 1 amide bonds. The van der Waals surface area contributed by atoms with Gasteiger partial charge in [-0.2, -0.15) is 0 Å². The Bertz CT molecular complexity index is 754. The summed E-state index contributed by atoms with van der Waals surface area (Å²) in [7, 11) is 0. The molecule has 3 rings (SSSR count). The summed E-state index contributed by atoms with van der Waals surface area (Å²) in [5, 5.41) is 13.0. The number of nitrogens with zero attached hydrogens (tertiary/aromatic N) is 2. The molecular weight excluding hydrogens is 268 g/mol. The lowest BCUT2D eigenvalue weighted by molar-refractivity contribution is 0.0918. The van der Waals surface area contributed by atoms with E-state index in [-0.39, 0.29) is 12.5 Å². The van der Waals surface area contributed by atoms with Crippen LogP contribution in [0, 0.1) is 0 Å². The number of H-pyrrole nitrogens is 1. The first kappa shape index (κ1) is 13.3. The maximum absolute atomic E-state index is 12.4. The number of aromatic amines is 1. The zero-order chi connectivity index (χ0) is 14.7. The maximum Gasteiger partial charge on any atom is 0.254 e. The van der Waals surface area contributed by atoms with Gasteiger partial charge in [0.25, 0.3) is 5.91 Å². The molecule has 0 spiro atoms. The van der Waals surface area contributed by atoms with Crippen molar-refractivity contribution in [2.75, 3.05) is 6.61 Å². The van der Waals surface area contributed by atoms with Crippen LogP contribution in [0.2, 0.25) is 0 Å². The molecule has 3 aromatic rings. The highest BCUT2D eigenvalue weighted by Crippen LogP contribution is 2.17. The summed E-state index contributed by atoms with van der Waals surface area (Å²) < 4.78 is 0. The topological polar surface area (TPSA) is 90.9 Å². The van der Waals surface area contributed by atoms with Crippen molar-refractivity contribution in [1.29, 1.82) is 0 Å². The van der Waals surface area contributed by atoms with Crippen molar-refractivity contribution >= 4 is 16.9 Å². The molecule has 6 nitrogen and oxygen atoms in total. The molecule has 0 bridgehead atoms. The minimum absolute atomic E-state index is 0.196. The van der Waals surface area contributed by atoms with Gasteiger partial charge in [0.1, 0.15) is 5.65 Å². The number of fused-ring (bicyclic) bond motifs is 1. The van der Waals surface area contributed by atoms with Crippen LogP contribution in [0.15, 0.2) is 49.1 Å². The van der Waals surface area contributed by atoms with Crippen LogP contribution in [-0.2, 0) is 0 Å². The largest absolute Gasteiger partial charge is 0.394 e. The third-order valence-electron chi connectivity index (χ3n) is 3.27. The van der Waals surface area contributed by atoms with Crippen molar-refractivity contribution in [2.45, 2.75) is 6.04 Å². The third kappa shape index (κ3) is 2.61. The van der Waals surface area contributed by atoms with E-state index in [9.17, 15) is 9.90 Å². The Labute approximate surface area is 120 Å². The van der Waals surface area contributed by atoms with Crippen LogP contribution in [-0.4, -0.2) is 32.6 Å². The van der Waals surface area contributed by atoms with Gasteiger partial charge >= 0.3 is 0 Å². The molecule has 1 unspecified atom stereocenters. The van der Waals surface area contributed by atoms with Gasteiger partial charge in [-0.25, -0.2) is 4.98 Å². The van der Waals surface area contributed by atoms with Gasteiger partial charge in [-0.05, 0) is 23.8 Å². The van der Waals surface area contributed by atoms with E-state index >= 15 is 0 Å². The quantitative estimate of drug-likeness (QED) is 0.675. The standard InChI is InChI=1S/C15H14N4O2/c20-9-13(10-3-1-5-16-7-10)19-15(21)12-8-18-14-11(12)4-2-6-17-14/h1-8,13,20H,9H2,(H,17,18)(H,19,21). The van der Waals surface area contributed by atoms with E-state index in [4.69, 9.17) is 0 Å². The number of aliphatic hydroxyl groups excluding tert-OH is 1. The van der Waals surface area contributed by atoms with Gasteiger partial charge in [-0.1, -0.05) is 6.07 Å². The average Bonchev–Trinajstić information content (AvgIpc) is 2.97. The van der Waals surface area contributed by atoms with Crippen molar-refractivity contribution in [1.82, 2.24) is 20.3 Å². The summed E-state index contributed by atoms with van der Waals surface area (Å²) in [6.45, 7) is -0.196. The predicted molar refractivity (Wildman–Crippen MR) is 77.6 cm³/mol. The number of pyridine rings is 2. The minimum Gasteiger partial charge on any atom is -0.394 e. The number of hydrogen-bond donors (Lipinski definition) is 3. The molecule has 21 heavy (non-hydrogen) atoms. The van der Waals surface area contributed by atoms with Gasteiger partial charge in [-0.15, -0.1) is 0 Å². The molecule has 0 aromatic carbocycles. The molecule has 0 radical (unpaired) electrons. The Morgan fingerprint density at radius 1 is 1.33 bits per heavy atom. The smallest absolute Gasteiger partial charge is 0.254 e. The van der Waals surface area contributed by atoms with Crippen LogP contribution in [0.4, 0.5) is 0 Å². The van der Waals surface area contributed by atoms with E-state index in [1.165, 1.54) is 0 Å². The zero-order valence-corrected chi connectivity index (χ0v) is 11.2. The van der Waals surface area contributed by atoms with Crippen LogP contribution in [0.3, 0.4) is 0 Å². The highest BCUT2D eigenvalue weighted by molar-refractivity contribution is 6.06. The summed E-state index contributed by atoms with van der Waals surface area (Å²) in [6.07, 6.45) is 6.54. The van der Waals surface area contributed by atoms with Gasteiger partial charge in [0, 0.05) is 30.2 Å². The number of carbonyl (C=O) groups is 1. The molecule has 0 saturated heterocycles. The number of aromatic nitrogens is 3. The number of nitrogens with one attached hydrogen (secondary N) is 2. The predicted octanol–water partition coefficient (Wildman–Crippen LogP) is 1.42. The van der Waals surface area contributed by atoms with Crippen LogP contribution < -0.4 is 5.32 Å². The molecule has 3 aromatic heterocycles. The van der Waals surface area contributed by atoms with Gasteiger partial charge < -0.3 is 15.4 Å². The molecule has 6 heteroatoms. The van der Waals surface area contributed by atoms with Crippen LogP contribution in [0.5, 0.6) is 0 Å². The number of carbonyl (C=O) groups excluding carboxylic acids is 1. The van der Waals surface area contributed by atoms with E-state index in [1.54, 1.807) is 36.9 Å². The lowest BCUT2D eigenvalue weighted by Crippen LogP contribution is -2.30. The Morgan fingerprint density at radius 3 is 2.95 bits per heavy atom.